The highest BCUT2D eigenvalue weighted by Gasteiger charge is 2.01. The number of hydrogen-bond acceptors (Lipinski definition) is 3. The molecule has 106 valence electrons. The van der Waals surface area contributed by atoms with Gasteiger partial charge in [-0.15, -0.1) is 0 Å². The van der Waals surface area contributed by atoms with Gasteiger partial charge in [0.05, 0.1) is 6.54 Å². The third-order valence-electron chi connectivity index (χ3n) is 2.40. The Morgan fingerprint density at radius 3 is 2.06 bits per heavy atom. The molecule has 0 saturated heterocycles. The largest absolute Gasteiger partial charge is 0.356 e. The first-order valence-electron chi connectivity index (χ1n) is 6.83. The van der Waals surface area contributed by atoms with Gasteiger partial charge in [-0.25, -0.2) is 0 Å². The zero-order chi connectivity index (χ0) is 13.8. The molecular weight excluding hydrogens is 230 g/mol. The summed E-state index contributed by atoms with van der Waals surface area (Å²) in [6.07, 6.45) is 3.26. The number of unbranched alkanes of at least 4 members (excludes halogenated alkanes) is 1. The average molecular weight is 257 g/mol. The Hall–Kier alpha value is -1.10. The van der Waals surface area contributed by atoms with Crippen molar-refractivity contribution >= 4 is 11.8 Å². The number of hydrogen-bond donors (Lipinski definition) is 3. The highest BCUT2D eigenvalue weighted by molar-refractivity contribution is 5.78. The lowest BCUT2D eigenvalue weighted by atomic mass is 10.3. The second-order valence-electron chi connectivity index (χ2n) is 4.69. The van der Waals surface area contributed by atoms with E-state index in [-0.39, 0.29) is 11.8 Å². The van der Waals surface area contributed by atoms with Crippen molar-refractivity contribution in [2.24, 2.45) is 0 Å². The van der Waals surface area contributed by atoms with Gasteiger partial charge < -0.3 is 16.0 Å². The summed E-state index contributed by atoms with van der Waals surface area (Å²) >= 11 is 0. The molecular formula is C13H27N3O2. The van der Waals surface area contributed by atoms with E-state index in [1.807, 2.05) is 20.8 Å². The van der Waals surface area contributed by atoms with Gasteiger partial charge in [0, 0.05) is 25.6 Å². The topological polar surface area (TPSA) is 70.2 Å². The van der Waals surface area contributed by atoms with Crippen molar-refractivity contribution in [3.05, 3.63) is 0 Å². The third kappa shape index (κ3) is 11.4. The van der Waals surface area contributed by atoms with Crippen molar-refractivity contribution < 1.29 is 9.59 Å². The Balaban J connectivity index is 3.29. The zero-order valence-electron chi connectivity index (χ0n) is 11.8. The highest BCUT2D eigenvalue weighted by Crippen LogP contribution is 1.88. The minimum Gasteiger partial charge on any atom is -0.356 e. The first-order chi connectivity index (χ1) is 8.56. The van der Waals surface area contributed by atoms with Crippen LogP contribution in [0.1, 0.15) is 46.5 Å². The molecule has 0 aliphatic heterocycles. The van der Waals surface area contributed by atoms with Crippen molar-refractivity contribution in [3.8, 4) is 0 Å². The normalized spacial score (nSPS) is 10.4. The maximum Gasteiger partial charge on any atom is 0.233 e. The van der Waals surface area contributed by atoms with Crippen LogP contribution in [0.3, 0.4) is 0 Å². The van der Waals surface area contributed by atoms with Crippen LogP contribution in [-0.2, 0) is 9.59 Å². The van der Waals surface area contributed by atoms with Crippen molar-refractivity contribution in [2.75, 3.05) is 19.6 Å². The van der Waals surface area contributed by atoms with E-state index in [2.05, 4.69) is 16.0 Å². The molecule has 0 aromatic carbocycles. The summed E-state index contributed by atoms with van der Waals surface area (Å²) in [5, 5.41) is 8.74. The lowest BCUT2D eigenvalue weighted by molar-refractivity contribution is -0.121. The summed E-state index contributed by atoms with van der Waals surface area (Å²) in [5.74, 6) is 0.140. The van der Waals surface area contributed by atoms with Crippen molar-refractivity contribution in [3.63, 3.8) is 0 Å². The average Bonchev–Trinajstić information content (AvgIpc) is 2.31. The summed E-state index contributed by atoms with van der Waals surface area (Å²) in [6.45, 7) is 7.73. The van der Waals surface area contributed by atoms with Crippen LogP contribution < -0.4 is 16.0 Å². The Morgan fingerprint density at radius 2 is 1.56 bits per heavy atom. The van der Waals surface area contributed by atoms with Gasteiger partial charge in [-0.05, 0) is 19.3 Å². The molecule has 0 saturated carbocycles. The lowest BCUT2D eigenvalue weighted by Crippen LogP contribution is -2.37. The number of rotatable bonds is 10. The molecule has 0 bridgehead atoms. The molecule has 3 N–H and O–H groups in total. The molecule has 18 heavy (non-hydrogen) atoms. The predicted octanol–water partition coefficient (Wildman–Crippen LogP) is 0.797. The Kier molecular flexibility index (Phi) is 10.3. The third-order valence-corrected chi connectivity index (χ3v) is 2.40. The van der Waals surface area contributed by atoms with Gasteiger partial charge >= 0.3 is 0 Å². The SMILES string of the molecule is CCCC(=O)NCCCCNC(=O)CNC(C)C. The van der Waals surface area contributed by atoms with Crippen LogP contribution >= 0.6 is 0 Å². The van der Waals surface area contributed by atoms with E-state index in [4.69, 9.17) is 0 Å². The summed E-state index contributed by atoms with van der Waals surface area (Å²) in [6, 6.07) is 0.324. The van der Waals surface area contributed by atoms with Gasteiger partial charge in [0.25, 0.3) is 0 Å². The smallest absolute Gasteiger partial charge is 0.233 e. The monoisotopic (exact) mass is 257 g/mol. The summed E-state index contributed by atoms with van der Waals surface area (Å²) in [4.78, 5) is 22.5. The molecule has 0 radical (unpaired) electrons. The van der Waals surface area contributed by atoms with E-state index in [1.165, 1.54) is 0 Å². The first-order valence-corrected chi connectivity index (χ1v) is 6.83. The van der Waals surface area contributed by atoms with Gasteiger partial charge in [-0.2, -0.15) is 0 Å². The fraction of sp³-hybridized carbons (Fsp3) is 0.846. The van der Waals surface area contributed by atoms with Crippen LogP contribution in [0.2, 0.25) is 0 Å². The molecule has 0 heterocycles. The standard InChI is InChI=1S/C13H27N3O2/c1-4-7-12(17)14-8-5-6-9-15-13(18)10-16-11(2)3/h11,16H,4-10H2,1-3H3,(H,14,17)(H,15,18). The van der Waals surface area contributed by atoms with E-state index in [0.717, 1.165) is 19.3 Å². The maximum atomic E-state index is 11.3. The Labute approximate surface area is 110 Å². The summed E-state index contributed by atoms with van der Waals surface area (Å²) < 4.78 is 0. The van der Waals surface area contributed by atoms with Crippen LogP contribution in [0.15, 0.2) is 0 Å². The quantitative estimate of drug-likeness (QED) is 0.507. The minimum absolute atomic E-state index is 0.0266. The number of carbonyl (C=O) groups excluding carboxylic acids is 2. The van der Waals surface area contributed by atoms with Gasteiger partial charge in [0.2, 0.25) is 11.8 Å². The predicted molar refractivity (Wildman–Crippen MR) is 73.3 cm³/mol. The maximum absolute atomic E-state index is 11.3. The Morgan fingerprint density at radius 1 is 1.00 bits per heavy atom. The fourth-order valence-electron chi connectivity index (χ4n) is 1.38. The second kappa shape index (κ2) is 11.0. The number of amides is 2. The number of nitrogens with one attached hydrogen (secondary N) is 3. The van der Waals surface area contributed by atoms with Crippen molar-refractivity contribution in [1.82, 2.24) is 16.0 Å². The molecule has 0 rings (SSSR count). The van der Waals surface area contributed by atoms with Gasteiger partial charge in [-0.3, -0.25) is 9.59 Å². The first kappa shape index (κ1) is 16.9. The molecule has 0 spiro atoms. The van der Waals surface area contributed by atoms with Crippen LogP contribution in [0, 0.1) is 0 Å². The van der Waals surface area contributed by atoms with Crippen molar-refractivity contribution in [2.45, 2.75) is 52.5 Å². The lowest BCUT2D eigenvalue weighted by Gasteiger charge is -2.09. The molecule has 0 atom stereocenters. The van der Waals surface area contributed by atoms with Gasteiger partial charge in [0.1, 0.15) is 0 Å². The zero-order valence-corrected chi connectivity index (χ0v) is 11.8. The molecule has 0 aliphatic rings. The van der Waals surface area contributed by atoms with Crippen LogP contribution in [0.25, 0.3) is 0 Å². The molecule has 5 heteroatoms. The van der Waals surface area contributed by atoms with E-state index in [0.29, 0.717) is 32.1 Å². The molecule has 0 unspecified atom stereocenters. The Bertz CT molecular complexity index is 242. The van der Waals surface area contributed by atoms with E-state index in [9.17, 15) is 9.59 Å². The molecule has 0 aromatic rings. The summed E-state index contributed by atoms with van der Waals surface area (Å²) in [5.41, 5.74) is 0. The molecule has 0 fully saturated rings. The van der Waals surface area contributed by atoms with Crippen molar-refractivity contribution in [1.29, 1.82) is 0 Å². The molecule has 0 aromatic heterocycles. The molecule has 5 nitrogen and oxygen atoms in total. The van der Waals surface area contributed by atoms with Crippen LogP contribution in [0.4, 0.5) is 0 Å². The van der Waals surface area contributed by atoms with Gasteiger partial charge in [0.15, 0.2) is 0 Å². The highest BCUT2D eigenvalue weighted by atomic mass is 16.2. The van der Waals surface area contributed by atoms with E-state index >= 15 is 0 Å². The van der Waals surface area contributed by atoms with E-state index in [1.54, 1.807) is 0 Å². The molecule has 0 aliphatic carbocycles. The molecule has 2 amide bonds. The van der Waals surface area contributed by atoms with E-state index < -0.39 is 0 Å². The van der Waals surface area contributed by atoms with Crippen LogP contribution in [0.5, 0.6) is 0 Å². The van der Waals surface area contributed by atoms with Gasteiger partial charge in [-0.1, -0.05) is 20.8 Å². The second-order valence-corrected chi connectivity index (χ2v) is 4.69. The fourth-order valence-corrected chi connectivity index (χ4v) is 1.38. The number of carbonyl (C=O) groups is 2. The summed E-state index contributed by atoms with van der Waals surface area (Å²) in [7, 11) is 0. The van der Waals surface area contributed by atoms with Crippen LogP contribution in [-0.4, -0.2) is 37.5 Å². The minimum atomic E-state index is 0.0266.